The second kappa shape index (κ2) is 6.54. The van der Waals surface area contributed by atoms with Crippen LogP contribution in [-0.2, 0) is 14.4 Å². The standard InChI is InChI=1S/C13H24N2O4/c1-12(2,3)8-14-11(19)13(4,5)15-9(16)6-7-10(17)18/h6-8H2,1-5H3,(H,14,19)(H,15,16)(H,17,18). The highest BCUT2D eigenvalue weighted by Crippen LogP contribution is 2.11. The van der Waals surface area contributed by atoms with E-state index in [1.54, 1.807) is 13.8 Å². The molecule has 0 heterocycles. The Kier molecular flexibility index (Phi) is 5.99. The van der Waals surface area contributed by atoms with Gasteiger partial charge >= 0.3 is 5.97 Å². The fourth-order valence-electron chi connectivity index (χ4n) is 1.25. The first-order valence-corrected chi connectivity index (χ1v) is 6.25. The molecule has 0 aliphatic rings. The summed E-state index contributed by atoms with van der Waals surface area (Å²) in [6.45, 7) is 9.65. The molecule has 6 nitrogen and oxygen atoms in total. The molecule has 0 aromatic heterocycles. The molecule has 110 valence electrons. The van der Waals surface area contributed by atoms with Gasteiger partial charge in [0.2, 0.25) is 11.8 Å². The molecular formula is C13H24N2O4. The zero-order valence-corrected chi connectivity index (χ0v) is 12.3. The summed E-state index contributed by atoms with van der Waals surface area (Å²) in [6, 6.07) is 0. The van der Waals surface area contributed by atoms with Crippen molar-refractivity contribution in [1.82, 2.24) is 10.6 Å². The first-order chi connectivity index (χ1) is 8.44. The predicted molar refractivity (Wildman–Crippen MR) is 71.6 cm³/mol. The van der Waals surface area contributed by atoms with Crippen LogP contribution in [0.2, 0.25) is 0 Å². The van der Waals surface area contributed by atoms with Crippen LogP contribution < -0.4 is 10.6 Å². The Morgan fingerprint density at radius 3 is 1.95 bits per heavy atom. The number of nitrogens with one attached hydrogen (secondary N) is 2. The fraction of sp³-hybridized carbons (Fsp3) is 0.769. The van der Waals surface area contributed by atoms with E-state index in [0.29, 0.717) is 6.54 Å². The van der Waals surface area contributed by atoms with Crippen LogP contribution in [0.5, 0.6) is 0 Å². The van der Waals surface area contributed by atoms with Crippen molar-refractivity contribution in [3.8, 4) is 0 Å². The van der Waals surface area contributed by atoms with Gasteiger partial charge < -0.3 is 15.7 Å². The Bertz CT molecular complexity index is 356. The number of carbonyl (C=O) groups is 3. The molecule has 6 heteroatoms. The predicted octanol–water partition coefficient (Wildman–Crippen LogP) is 0.908. The van der Waals surface area contributed by atoms with Crippen LogP contribution in [0.3, 0.4) is 0 Å². The van der Waals surface area contributed by atoms with Crippen molar-refractivity contribution in [1.29, 1.82) is 0 Å². The third kappa shape index (κ3) is 8.18. The zero-order valence-electron chi connectivity index (χ0n) is 12.3. The maximum absolute atomic E-state index is 11.9. The van der Waals surface area contributed by atoms with E-state index in [1.807, 2.05) is 20.8 Å². The van der Waals surface area contributed by atoms with E-state index >= 15 is 0 Å². The summed E-state index contributed by atoms with van der Waals surface area (Å²) in [5.41, 5.74) is -1.10. The molecule has 0 rings (SSSR count). The van der Waals surface area contributed by atoms with Crippen molar-refractivity contribution < 1.29 is 19.5 Å². The van der Waals surface area contributed by atoms with E-state index in [4.69, 9.17) is 5.11 Å². The molecule has 0 aliphatic heterocycles. The normalized spacial score (nSPS) is 11.8. The minimum absolute atomic E-state index is 0.0426. The van der Waals surface area contributed by atoms with Crippen molar-refractivity contribution >= 4 is 17.8 Å². The smallest absolute Gasteiger partial charge is 0.303 e. The van der Waals surface area contributed by atoms with Gasteiger partial charge in [-0.2, -0.15) is 0 Å². The van der Waals surface area contributed by atoms with Crippen molar-refractivity contribution in [3.63, 3.8) is 0 Å². The third-order valence-electron chi connectivity index (χ3n) is 2.36. The average Bonchev–Trinajstić information content (AvgIpc) is 2.21. The number of amides is 2. The lowest BCUT2D eigenvalue weighted by atomic mass is 9.96. The van der Waals surface area contributed by atoms with Gasteiger partial charge in [0, 0.05) is 13.0 Å². The molecule has 0 radical (unpaired) electrons. The number of carbonyl (C=O) groups excluding carboxylic acids is 2. The van der Waals surface area contributed by atoms with Crippen molar-refractivity contribution in [2.75, 3.05) is 6.54 Å². The highest BCUT2D eigenvalue weighted by atomic mass is 16.4. The van der Waals surface area contributed by atoms with Gasteiger partial charge in [0.15, 0.2) is 0 Å². The van der Waals surface area contributed by atoms with Gasteiger partial charge in [-0.05, 0) is 19.3 Å². The van der Waals surface area contributed by atoms with E-state index in [1.165, 1.54) is 0 Å². The molecule has 0 aromatic rings. The largest absolute Gasteiger partial charge is 0.481 e. The van der Waals surface area contributed by atoms with Crippen molar-refractivity contribution in [2.45, 2.75) is 53.0 Å². The summed E-state index contributed by atoms with van der Waals surface area (Å²) < 4.78 is 0. The molecule has 0 unspecified atom stereocenters. The summed E-state index contributed by atoms with van der Waals surface area (Å²) in [5, 5.41) is 13.8. The Hall–Kier alpha value is -1.59. The Labute approximate surface area is 113 Å². The minimum atomic E-state index is -1.05. The Morgan fingerprint density at radius 1 is 1.00 bits per heavy atom. The summed E-state index contributed by atoms with van der Waals surface area (Å²) in [7, 11) is 0. The molecule has 0 aliphatic carbocycles. The van der Waals surface area contributed by atoms with E-state index in [0.717, 1.165) is 0 Å². The monoisotopic (exact) mass is 272 g/mol. The Morgan fingerprint density at radius 2 is 1.53 bits per heavy atom. The lowest BCUT2D eigenvalue weighted by molar-refractivity contribution is -0.139. The number of rotatable bonds is 6. The summed E-state index contributed by atoms with van der Waals surface area (Å²) >= 11 is 0. The van der Waals surface area contributed by atoms with Crippen molar-refractivity contribution in [3.05, 3.63) is 0 Å². The van der Waals surface area contributed by atoms with Gasteiger partial charge in [0.25, 0.3) is 0 Å². The molecule has 19 heavy (non-hydrogen) atoms. The number of carboxylic acids is 1. The number of hydrogen-bond donors (Lipinski definition) is 3. The third-order valence-corrected chi connectivity index (χ3v) is 2.36. The molecule has 0 bridgehead atoms. The first kappa shape index (κ1) is 17.4. The van der Waals surface area contributed by atoms with Gasteiger partial charge in [-0.1, -0.05) is 20.8 Å². The molecule has 0 spiro atoms. The lowest BCUT2D eigenvalue weighted by Crippen LogP contribution is -2.55. The second-order valence-corrected chi connectivity index (χ2v) is 6.31. The minimum Gasteiger partial charge on any atom is -0.481 e. The van der Waals surface area contributed by atoms with E-state index in [-0.39, 0.29) is 24.2 Å². The topological polar surface area (TPSA) is 95.5 Å². The van der Waals surface area contributed by atoms with Crippen LogP contribution in [0.4, 0.5) is 0 Å². The number of aliphatic carboxylic acids is 1. The fourth-order valence-corrected chi connectivity index (χ4v) is 1.25. The van der Waals surface area contributed by atoms with Crippen LogP contribution >= 0.6 is 0 Å². The van der Waals surface area contributed by atoms with Gasteiger partial charge in [-0.3, -0.25) is 14.4 Å². The summed E-state index contributed by atoms with van der Waals surface area (Å²) in [4.78, 5) is 33.8. The molecule has 3 N–H and O–H groups in total. The summed E-state index contributed by atoms with van der Waals surface area (Å²) in [5.74, 6) is -1.77. The molecule has 0 atom stereocenters. The molecule has 0 saturated carbocycles. The Balaban J connectivity index is 4.32. The van der Waals surface area contributed by atoms with Gasteiger partial charge in [-0.25, -0.2) is 0 Å². The quantitative estimate of drug-likeness (QED) is 0.669. The van der Waals surface area contributed by atoms with E-state index in [2.05, 4.69) is 10.6 Å². The number of hydrogen-bond acceptors (Lipinski definition) is 3. The van der Waals surface area contributed by atoms with Gasteiger partial charge in [0.05, 0.1) is 6.42 Å². The number of carboxylic acid groups (broad SMARTS) is 1. The average molecular weight is 272 g/mol. The van der Waals surface area contributed by atoms with Crippen LogP contribution in [0.25, 0.3) is 0 Å². The van der Waals surface area contributed by atoms with E-state index in [9.17, 15) is 14.4 Å². The van der Waals surface area contributed by atoms with Crippen LogP contribution in [-0.4, -0.2) is 35.0 Å². The molecule has 0 saturated heterocycles. The second-order valence-electron chi connectivity index (χ2n) is 6.31. The van der Waals surface area contributed by atoms with Crippen LogP contribution in [0, 0.1) is 5.41 Å². The molecular weight excluding hydrogens is 248 g/mol. The molecule has 0 aromatic carbocycles. The first-order valence-electron chi connectivity index (χ1n) is 6.25. The maximum Gasteiger partial charge on any atom is 0.303 e. The van der Waals surface area contributed by atoms with Crippen molar-refractivity contribution in [2.24, 2.45) is 5.41 Å². The van der Waals surface area contributed by atoms with Gasteiger partial charge in [-0.15, -0.1) is 0 Å². The molecule has 2 amide bonds. The van der Waals surface area contributed by atoms with E-state index < -0.39 is 17.4 Å². The zero-order chi connectivity index (χ0) is 15.3. The highest BCUT2D eigenvalue weighted by Gasteiger charge is 2.30. The SMILES string of the molecule is CC(C)(C)CNC(=O)C(C)(C)NC(=O)CCC(=O)O. The summed E-state index contributed by atoms with van der Waals surface area (Å²) in [6.07, 6.45) is -0.378. The highest BCUT2D eigenvalue weighted by molar-refractivity contribution is 5.91. The van der Waals surface area contributed by atoms with Gasteiger partial charge in [0.1, 0.15) is 5.54 Å². The lowest BCUT2D eigenvalue weighted by Gasteiger charge is -2.27. The van der Waals surface area contributed by atoms with Crippen LogP contribution in [0.1, 0.15) is 47.5 Å². The maximum atomic E-state index is 11.9. The van der Waals surface area contributed by atoms with Crippen LogP contribution in [0.15, 0.2) is 0 Å². The molecule has 0 fully saturated rings.